The maximum atomic E-state index is 13.1. The molecule has 3 rings (SSSR count). The van der Waals surface area contributed by atoms with Crippen molar-refractivity contribution in [2.24, 2.45) is 5.92 Å². The second kappa shape index (κ2) is 7.00. The molecule has 8 heteroatoms. The van der Waals surface area contributed by atoms with Crippen LogP contribution < -0.4 is 0 Å². The Hall–Kier alpha value is -2.15. The van der Waals surface area contributed by atoms with Gasteiger partial charge in [-0.3, -0.25) is 14.9 Å². The summed E-state index contributed by atoms with van der Waals surface area (Å²) in [4.78, 5) is 37.2. The first-order valence-electron chi connectivity index (χ1n) is 8.28. The molecule has 1 aromatic carbocycles. The normalized spacial score (nSPS) is 25.4. The van der Waals surface area contributed by atoms with Crippen molar-refractivity contribution in [1.82, 2.24) is 4.90 Å². The molecule has 2 aliphatic rings. The molecule has 1 aromatic rings. The van der Waals surface area contributed by atoms with Crippen molar-refractivity contribution < 1.29 is 19.2 Å². The third-order valence-electron chi connectivity index (χ3n) is 5.19. The van der Waals surface area contributed by atoms with Crippen molar-refractivity contribution in [2.45, 2.75) is 44.2 Å². The maximum absolute atomic E-state index is 13.1. The molecule has 1 aliphatic carbocycles. The highest BCUT2D eigenvalue weighted by molar-refractivity contribution is 6.34. The summed E-state index contributed by atoms with van der Waals surface area (Å²) in [7, 11) is 1.31. The molecule has 1 saturated carbocycles. The molecule has 2 fully saturated rings. The van der Waals surface area contributed by atoms with E-state index in [1.54, 1.807) is 4.90 Å². The van der Waals surface area contributed by atoms with E-state index in [-0.39, 0.29) is 34.1 Å². The van der Waals surface area contributed by atoms with E-state index in [9.17, 15) is 19.7 Å². The summed E-state index contributed by atoms with van der Waals surface area (Å²) in [5.74, 6) is -0.524. The number of nitro groups is 1. The standard InChI is InChI=1S/C17H19ClN2O5/c1-25-17(22)15-8-10-4-2-3-5-14(10)19(15)16(21)12-7-6-11(20(23)24)9-13(12)18/h6-7,9-10,14-15H,2-5,8H2,1H3. The van der Waals surface area contributed by atoms with E-state index in [1.165, 1.54) is 19.2 Å². The third-order valence-corrected chi connectivity index (χ3v) is 5.50. The molecule has 0 N–H and O–H groups in total. The third kappa shape index (κ3) is 3.20. The van der Waals surface area contributed by atoms with Crippen LogP contribution in [0.1, 0.15) is 42.5 Å². The van der Waals surface area contributed by atoms with Gasteiger partial charge in [-0.25, -0.2) is 4.79 Å². The van der Waals surface area contributed by atoms with E-state index in [0.29, 0.717) is 6.42 Å². The van der Waals surface area contributed by atoms with E-state index in [0.717, 1.165) is 31.7 Å². The van der Waals surface area contributed by atoms with E-state index >= 15 is 0 Å². The quantitative estimate of drug-likeness (QED) is 0.465. The number of carbonyl (C=O) groups excluding carboxylic acids is 2. The lowest BCUT2D eigenvalue weighted by Gasteiger charge is -2.33. The first-order valence-corrected chi connectivity index (χ1v) is 8.66. The number of hydrogen-bond donors (Lipinski definition) is 0. The zero-order valence-electron chi connectivity index (χ0n) is 13.8. The monoisotopic (exact) mass is 366 g/mol. The summed E-state index contributed by atoms with van der Waals surface area (Å²) < 4.78 is 4.88. The van der Waals surface area contributed by atoms with Crippen molar-refractivity contribution >= 4 is 29.2 Å². The predicted molar refractivity (Wildman–Crippen MR) is 90.4 cm³/mol. The van der Waals surface area contributed by atoms with Crippen LogP contribution in [0.5, 0.6) is 0 Å². The number of fused-ring (bicyclic) bond motifs is 1. The van der Waals surface area contributed by atoms with Gasteiger partial charge in [-0.2, -0.15) is 0 Å². The van der Waals surface area contributed by atoms with E-state index in [2.05, 4.69) is 0 Å². The number of halogens is 1. The summed E-state index contributed by atoms with van der Waals surface area (Å²) in [5, 5.41) is 10.9. The van der Waals surface area contributed by atoms with Crippen molar-refractivity contribution in [3.8, 4) is 0 Å². The van der Waals surface area contributed by atoms with Crippen LogP contribution in [-0.4, -0.2) is 40.9 Å². The molecule has 7 nitrogen and oxygen atoms in total. The van der Waals surface area contributed by atoms with Gasteiger partial charge in [0.2, 0.25) is 0 Å². The number of nitro benzene ring substituents is 1. The number of hydrogen-bond acceptors (Lipinski definition) is 5. The molecule has 1 aliphatic heterocycles. The summed E-state index contributed by atoms with van der Waals surface area (Å²) in [5.41, 5.74) is -0.00424. The SMILES string of the molecule is COC(=O)C1CC2CCCCC2N1C(=O)c1ccc([N+](=O)[O-])cc1Cl. The van der Waals surface area contributed by atoms with Crippen molar-refractivity contribution in [3.05, 3.63) is 38.9 Å². The Morgan fingerprint density at radius 1 is 1.32 bits per heavy atom. The predicted octanol–water partition coefficient (Wildman–Crippen LogP) is 3.19. The lowest BCUT2D eigenvalue weighted by molar-refractivity contribution is -0.384. The lowest BCUT2D eigenvalue weighted by Crippen LogP contribution is -2.46. The minimum atomic E-state index is -0.628. The second-order valence-electron chi connectivity index (χ2n) is 6.52. The van der Waals surface area contributed by atoms with Gasteiger partial charge in [-0.15, -0.1) is 0 Å². The number of nitrogens with zero attached hydrogens (tertiary/aromatic N) is 2. The van der Waals surface area contributed by atoms with Gasteiger partial charge in [0.15, 0.2) is 0 Å². The molecular weight excluding hydrogens is 348 g/mol. The van der Waals surface area contributed by atoms with Crippen LogP contribution in [0.3, 0.4) is 0 Å². The lowest BCUT2D eigenvalue weighted by atomic mass is 9.84. The van der Waals surface area contributed by atoms with Crippen molar-refractivity contribution in [1.29, 1.82) is 0 Å². The van der Waals surface area contributed by atoms with Crippen LogP contribution in [-0.2, 0) is 9.53 Å². The van der Waals surface area contributed by atoms with Gasteiger partial charge in [0.25, 0.3) is 11.6 Å². The zero-order chi connectivity index (χ0) is 18.1. The molecule has 3 unspecified atom stereocenters. The number of esters is 1. The highest BCUT2D eigenvalue weighted by Crippen LogP contribution is 2.41. The Bertz CT molecular complexity index is 723. The Kier molecular flexibility index (Phi) is 4.94. The molecule has 3 atom stereocenters. The number of ether oxygens (including phenoxy) is 1. The number of rotatable bonds is 3. The molecule has 25 heavy (non-hydrogen) atoms. The summed E-state index contributed by atoms with van der Waals surface area (Å²) in [6, 6.07) is 3.12. The van der Waals surface area contributed by atoms with E-state index in [1.807, 2.05) is 0 Å². The fourth-order valence-electron chi connectivity index (χ4n) is 4.03. The summed E-state index contributed by atoms with van der Waals surface area (Å²) >= 11 is 6.11. The Balaban J connectivity index is 1.95. The number of non-ortho nitro benzene ring substituents is 1. The van der Waals surface area contributed by atoms with E-state index < -0.39 is 16.9 Å². The van der Waals surface area contributed by atoms with Crippen molar-refractivity contribution in [3.63, 3.8) is 0 Å². The molecule has 0 aromatic heterocycles. The molecule has 0 spiro atoms. The number of amides is 1. The fraction of sp³-hybridized carbons (Fsp3) is 0.529. The highest BCUT2D eigenvalue weighted by Gasteiger charge is 2.48. The topological polar surface area (TPSA) is 89.8 Å². The maximum Gasteiger partial charge on any atom is 0.328 e. The summed E-state index contributed by atoms with van der Waals surface area (Å²) in [6.07, 6.45) is 4.51. The number of likely N-dealkylation sites (tertiary alicyclic amines) is 1. The Morgan fingerprint density at radius 2 is 2.04 bits per heavy atom. The minimum absolute atomic E-state index is 0.0158. The van der Waals surface area contributed by atoms with Gasteiger partial charge in [0.05, 0.1) is 22.6 Å². The van der Waals surface area contributed by atoms with Gasteiger partial charge >= 0.3 is 5.97 Å². The smallest absolute Gasteiger partial charge is 0.328 e. The number of methoxy groups -OCH3 is 1. The number of benzene rings is 1. The first kappa shape index (κ1) is 17.7. The van der Waals surface area contributed by atoms with Crippen LogP contribution in [0.4, 0.5) is 5.69 Å². The van der Waals surface area contributed by atoms with Gasteiger partial charge < -0.3 is 9.64 Å². The molecule has 1 amide bonds. The number of carbonyl (C=O) groups is 2. The average molecular weight is 367 g/mol. The largest absolute Gasteiger partial charge is 0.467 e. The van der Waals surface area contributed by atoms with Crippen LogP contribution in [0, 0.1) is 16.0 Å². The van der Waals surface area contributed by atoms with E-state index in [4.69, 9.17) is 16.3 Å². The van der Waals surface area contributed by atoms with Crippen LogP contribution in [0.15, 0.2) is 18.2 Å². The van der Waals surface area contributed by atoms with Crippen molar-refractivity contribution in [2.75, 3.05) is 7.11 Å². The minimum Gasteiger partial charge on any atom is -0.467 e. The van der Waals surface area contributed by atoms with Crippen LogP contribution in [0.2, 0.25) is 5.02 Å². The molecule has 0 radical (unpaired) electrons. The molecule has 0 bridgehead atoms. The molecule has 134 valence electrons. The van der Waals surface area contributed by atoms with Crippen LogP contribution >= 0.6 is 11.6 Å². The Morgan fingerprint density at radius 3 is 2.68 bits per heavy atom. The van der Waals surface area contributed by atoms with Gasteiger partial charge in [0, 0.05) is 18.2 Å². The van der Waals surface area contributed by atoms with Gasteiger partial charge in [-0.05, 0) is 31.2 Å². The second-order valence-corrected chi connectivity index (χ2v) is 6.93. The zero-order valence-corrected chi connectivity index (χ0v) is 14.6. The Labute approximate surface area is 150 Å². The summed E-state index contributed by atoms with van der Waals surface area (Å²) in [6.45, 7) is 0. The first-order chi connectivity index (χ1) is 11.9. The average Bonchev–Trinajstić information content (AvgIpc) is 2.99. The highest BCUT2D eigenvalue weighted by atomic mass is 35.5. The molecular formula is C17H19ClN2O5. The van der Waals surface area contributed by atoms with Gasteiger partial charge in [0.1, 0.15) is 6.04 Å². The van der Waals surface area contributed by atoms with Gasteiger partial charge in [-0.1, -0.05) is 24.4 Å². The molecule has 1 heterocycles. The van der Waals surface area contributed by atoms with Crippen LogP contribution in [0.25, 0.3) is 0 Å². The fourth-order valence-corrected chi connectivity index (χ4v) is 4.28. The molecule has 1 saturated heterocycles.